The van der Waals surface area contributed by atoms with E-state index in [0.717, 1.165) is 5.56 Å². The topological polar surface area (TPSA) is 75.4 Å². The lowest BCUT2D eigenvalue weighted by atomic mass is 10.2. The van der Waals surface area contributed by atoms with Crippen LogP contribution in [0.1, 0.15) is 5.56 Å². The molecule has 0 bridgehead atoms. The summed E-state index contributed by atoms with van der Waals surface area (Å²) >= 11 is 0. The number of anilines is 1. The van der Waals surface area contributed by atoms with Gasteiger partial charge in [0.25, 0.3) is 0 Å². The van der Waals surface area contributed by atoms with Crippen molar-refractivity contribution in [1.82, 2.24) is 5.32 Å². The van der Waals surface area contributed by atoms with Gasteiger partial charge in [-0.05, 0) is 19.1 Å². The summed E-state index contributed by atoms with van der Waals surface area (Å²) in [5.74, 6) is -1.24. The first-order valence-electron chi connectivity index (χ1n) is 5.39. The van der Waals surface area contributed by atoms with Crippen LogP contribution >= 0.6 is 0 Å². The quantitative estimate of drug-likeness (QED) is 0.726. The van der Waals surface area contributed by atoms with E-state index in [2.05, 4.69) is 5.32 Å². The summed E-state index contributed by atoms with van der Waals surface area (Å²) in [6, 6.07) is 7.36. The summed E-state index contributed by atoms with van der Waals surface area (Å²) in [6.07, 6.45) is 0. The molecule has 0 aromatic heterocycles. The van der Waals surface area contributed by atoms with Gasteiger partial charge in [0.05, 0.1) is 0 Å². The van der Waals surface area contributed by atoms with E-state index in [4.69, 9.17) is 5.73 Å². The van der Waals surface area contributed by atoms with E-state index in [0.29, 0.717) is 18.8 Å². The first kappa shape index (κ1) is 13.2. The zero-order valence-electron chi connectivity index (χ0n) is 10.1. The smallest absolute Gasteiger partial charge is 0.316 e. The SMILES string of the molecule is Cc1ccc(N(C)C(=O)C(=O)NCCN)cc1. The van der Waals surface area contributed by atoms with Gasteiger partial charge >= 0.3 is 11.8 Å². The molecule has 0 saturated carbocycles. The molecule has 0 aliphatic carbocycles. The molecule has 3 N–H and O–H groups in total. The molecule has 2 amide bonds. The third-order valence-corrected chi connectivity index (χ3v) is 2.35. The van der Waals surface area contributed by atoms with E-state index in [1.807, 2.05) is 19.1 Å². The molecule has 0 aliphatic rings. The number of aryl methyl sites for hydroxylation is 1. The zero-order valence-corrected chi connectivity index (χ0v) is 10.1. The highest BCUT2D eigenvalue weighted by Gasteiger charge is 2.18. The fourth-order valence-electron chi connectivity index (χ4n) is 1.30. The van der Waals surface area contributed by atoms with E-state index < -0.39 is 11.8 Å². The first-order valence-corrected chi connectivity index (χ1v) is 5.39. The Balaban J connectivity index is 2.69. The number of amides is 2. The molecule has 5 nitrogen and oxygen atoms in total. The fourth-order valence-corrected chi connectivity index (χ4v) is 1.30. The molecule has 0 heterocycles. The third kappa shape index (κ3) is 3.57. The number of hydrogen-bond donors (Lipinski definition) is 2. The molecule has 0 atom stereocenters. The minimum absolute atomic E-state index is 0.298. The number of rotatable bonds is 3. The van der Waals surface area contributed by atoms with Gasteiger partial charge in [-0.25, -0.2) is 0 Å². The number of carbonyl (C=O) groups excluding carboxylic acids is 2. The van der Waals surface area contributed by atoms with E-state index in [9.17, 15) is 9.59 Å². The Morgan fingerprint density at radius 1 is 1.29 bits per heavy atom. The van der Waals surface area contributed by atoms with Gasteiger partial charge in [-0.1, -0.05) is 17.7 Å². The second-order valence-electron chi connectivity index (χ2n) is 3.74. The van der Waals surface area contributed by atoms with Crippen molar-refractivity contribution in [2.75, 3.05) is 25.0 Å². The molecule has 5 heteroatoms. The van der Waals surface area contributed by atoms with Crippen molar-refractivity contribution < 1.29 is 9.59 Å². The molecule has 0 spiro atoms. The Bertz CT molecular complexity index is 401. The highest BCUT2D eigenvalue weighted by molar-refractivity contribution is 6.40. The Labute approximate surface area is 101 Å². The van der Waals surface area contributed by atoms with Crippen molar-refractivity contribution >= 4 is 17.5 Å². The number of hydrogen-bond acceptors (Lipinski definition) is 3. The van der Waals surface area contributed by atoms with Gasteiger partial charge in [-0.2, -0.15) is 0 Å². The van der Waals surface area contributed by atoms with Crippen LogP contribution < -0.4 is 16.0 Å². The lowest BCUT2D eigenvalue weighted by Crippen LogP contribution is -2.42. The molecule has 1 aromatic carbocycles. The van der Waals surface area contributed by atoms with Crippen molar-refractivity contribution in [1.29, 1.82) is 0 Å². The van der Waals surface area contributed by atoms with Crippen LogP contribution in [-0.2, 0) is 9.59 Å². The molecular weight excluding hydrogens is 218 g/mol. The number of nitrogens with zero attached hydrogens (tertiary/aromatic N) is 1. The van der Waals surface area contributed by atoms with Crippen LogP contribution in [0, 0.1) is 6.92 Å². The highest BCUT2D eigenvalue weighted by Crippen LogP contribution is 2.13. The predicted octanol–water partition coefficient (Wildman–Crippen LogP) is 0.0327. The molecule has 1 rings (SSSR count). The summed E-state index contributed by atoms with van der Waals surface area (Å²) in [5, 5.41) is 2.44. The van der Waals surface area contributed by atoms with Gasteiger partial charge in [-0.15, -0.1) is 0 Å². The van der Waals surface area contributed by atoms with Crippen molar-refractivity contribution in [2.24, 2.45) is 5.73 Å². The van der Waals surface area contributed by atoms with E-state index in [-0.39, 0.29) is 0 Å². The lowest BCUT2D eigenvalue weighted by molar-refractivity contribution is -0.137. The average Bonchev–Trinajstić information content (AvgIpc) is 2.35. The third-order valence-electron chi connectivity index (χ3n) is 2.35. The zero-order chi connectivity index (χ0) is 12.8. The van der Waals surface area contributed by atoms with Crippen LogP contribution in [0.15, 0.2) is 24.3 Å². The average molecular weight is 235 g/mol. The minimum atomic E-state index is -0.640. The molecule has 0 aliphatic heterocycles. The molecule has 0 radical (unpaired) electrons. The molecule has 1 aromatic rings. The Morgan fingerprint density at radius 2 is 1.88 bits per heavy atom. The second kappa shape index (κ2) is 6.00. The Morgan fingerprint density at radius 3 is 2.41 bits per heavy atom. The standard InChI is InChI=1S/C12H17N3O2/c1-9-3-5-10(6-4-9)15(2)12(17)11(16)14-8-7-13/h3-6H,7-8,13H2,1-2H3,(H,14,16). The van der Waals surface area contributed by atoms with Gasteiger partial charge in [0.15, 0.2) is 0 Å². The maximum Gasteiger partial charge on any atom is 0.316 e. The molecule has 0 fully saturated rings. The summed E-state index contributed by atoms with van der Waals surface area (Å²) in [6.45, 7) is 2.57. The number of nitrogens with two attached hydrogens (primary N) is 1. The lowest BCUT2D eigenvalue weighted by Gasteiger charge is -2.16. The molecular formula is C12H17N3O2. The van der Waals surface area contributed by atoms with Crippen molar-refractivity contribution in [3.8, 4) is 0 Å². The predicted molar refractivity (Wildman–Crippen MR) is 66.7 cm³/mol. The normalized spacial score (nSPS) is 9.82. The number of carbonyl (C=O) groups is 2. The Kier molecular flexibility index (Phi) is 4.66. The maximum atomic E-state index is 11.7. The second-order valence-corrected chi connectivity index (χ2v) is 3.74. The van der Waals surface area contributed by atoms with Crippen LogP contribution in [0.2, 0.25) is 0 Å². The molecule has 92 valence electrons. The molecule has 0 unspecified atom stereocenters. The first-order chi connectivity index (χ1) is 8.06. The summed E-state index contributed by atoms with van der Waals surface area (Å²) in [7, 11) is 1.56. The van der Waals surface area contributed by atoms with Gasteiger partial charge < -0.3 is 16.0 Å². The van der Waals surface area contributed by atoms with Gasteiger partial charge in [0, 0.05) is 25.8 Å². The maximum absolute atomic E-state index is 11.7. The van der Waals surface area contributed by atoms with Crippen LogP contribution in [-0.4, -0.2) is 32.0 Å². The molecule has 17 heavy (non-hydrogen) atoms. The van der Waals surface area contributed by atoms with E-state index in [1.54, 1.807) is 19.2 Å². The van der Waals surface area contributed by atoms with Crippen molar-refractivity contribution in [2.45, 2.75) is 6.92 Å². The van der Waals surface area contributed by atoms with E-state index >= 15 is 0 Å². The van der Waals surface area contributed by atoms with Gasteiger partial charge in [-0.3, -0.25) is 9.59 Å². The van der Waals surface area contributed by atoms with Crippen LogP contribution in [0.25, 0.3) is 0 Å². The van der Waals surface area contributed by atoms with Gasteiger partial charge in [0.2, 0.25) is 0 Å². The number of benzene rings is 1. The Hall–Kier alpha value is -1.88. The summed E-state index contributed by atoms with van der Waals surface area (Å²) in [4.78, 5) is 24.4. The van der Waals surface area contributed by atoms with Gasteiger partial charge in [0.1, 0.15) is 0 Å². The van der Waals surface area contributed by atoms with E-state index in [1.165, 1.54) is 4.90 Å². The fraction of sp³-hybridized carbons (Fsp3) is 0.333. The highest BCUT2D eigenvalue weighted by atomic mass is 16.2. The van der Waals surface area contributed by atoms with Crippen LogP contribution in [0.4, 0.5) is 5.69 Å². The summed E-state index contributed by atoms with van der Waals surface area (Å²) in [5.41, 5.74) is 7.02. The monoisotopic (exact) mass is 235 g/mol. The minimum Gasteiger partial charge on any atom is -0.347 e. The number of likely N-dealkylation sites (N-methyl/N-ethyl adjacent to an activating group) is 1. The van der Waals surface area contributed by atoms with Crippen molar-refractivity contribution in [3.63, 3.8) is 0 Å². The van der Waals surface area contributed by atoms with Crippen molar-refractivity contribution in [3.05, 3.63) is 29.8 Å². The summed E-state index contributed by atoms with van der Waals surface area (Å²) < 4.78 is 0. The van der Waals surface area contributed by atoms with Crippen LogP contribution in [0.3, 0.4) is 0 Å². The van der Waals surface area contributed by atoms with Crippen LogP contribution in [0.5, 0.6) is 0 Å². The largest absolute Gasteiger partial charge is 0.347 e. The number of nitrogens with one attached hydrogen (secondary N) is 1. The molecule has 0 saturated heterocycles.